The molecule has 0 radical (unpaired) electrons. The fourth-order valence-corrected chi connectivity index (χ4v) is 1.78. The number of nitrogen functional groups attached to an aromatic ring is 1. The number of rotatable bonds is 4. The third-order valence-corrected chi connectivity index (χ3v) is 2.93. The van der Waals surface area contributed by atoms with Crippen LogP contribution in [0.2, 0.25) is 0 Å². The quantitative estimate of drug-likeness (QED) is 0.297. The lowest BCUT2D eigenvalue weighted by Gasteiger charge is -2.08. The van der Waals surface area contributed by atoms with Crippen molar-refractivity contribution in [2.24, 2.45) is 5.84 Å². The third kappa shape index (κ3) is 2.49. The first-order chi connectivity index (χ1) is 9.45. The maximum Gasteiger partial charge on any atom is 0.219 e. The Balaban J connectivity index is 2.25. The van der Waals surface area contributed by atoms with Crippen LogP contribution in [-0.4, -0.2) is 10.2 Å². The Morgan fingerprint density at radius 3 is 2.00 bits per heavy atom. The van der Waals surface area contributed by atoms with Crippen molar-refractivity contribution in [2.75, 3.05) is 5.43 Å². The SMILES string of the molecule is NNc1nnc(COc2c(F)c(F)c(F)c(F)c2F)s1. The van der Waals surface area contributed by atoms with Gasteiger partial charge in [-0.1, -0.05) is 11.3 Å². The van der Waals surface area contributed by atoms with Gasteiger partial charge in [0.25, 0.3) is 0 Å². The van der Waals surface area contributed by atoms with Crippen LogP contribution in [0.4, 0.5) is 27.1 Å². The van der Waals surface area contributed by atoms with Crippen molar-refractivity contribution < 1.29 is 26.7 Å². The van der Waals surface area contributed by atoms with Gasteiger partial charge in [0.05, 0.1) is 0 Å². The van der Waals surface area contributed by atoms with E-state index in [0.29, 0.717) is 0 Å². The molecule has 0 atom stereocenters. The molecule has 3 N–H and O–H groups in total. The number of hydrogen-bond donors (Lipinski definition) is 2. The number of aromatic nitrogens is 2. The molecule has 2 aromatic rings. The van der Waals surface area contributed by atoms with Crippen molar-refractivity contribution in [2.45, 2.75) is 6.61 Å². The highest BCUT2D eigenvalue weighted by molar-refractivity contribution is 7.15. The van der Waals surface area contributed by atoms with E-state index >= 15 is 0 Å². The second kappa shape index (κ2) is 5.54. The second-order valence-electron chi connectivity index (χ2n) is 3.33. The summed E-state index contributed by atoms with van der Waals surface area (Å²) < 4.78 is 69.7. The zero-order valence-electron chi connectivity index (χ0n) is 9.39. The highest BCUT2D eigenvalue weighted by Gasteiger charge is 2.27. The zero-order chi connectivity index (χ0) is 14.9. The molecule has 0 spiro atoms. The van der Waals surface area contributed by atoms with E-state index in [4.69, 9.17) is 5.84 Å². The Labute approximate surface area is 112 Å². The second-order valence-corrected chi connectivity index (χ2v) is 4.40. The van der Waals surface area contributed by atoms with Crippen molar-refractivity contribution in [1.82, 2.24) is 10.2 Å². The van der Waals surface area contributed by atoms with E-state index in [1.54, 1.807) is 0 Å². The highest BCUT2D eigenvalue weighted by Crippen LogP contribution is 2.30. The molecule has 1 aromatic heterocycles. The van der Waals surface area contributed by atoms with Crippen LogP contribution in [0.1, 0.15) is 5.01 Å². The highest BCUT2D eigenvalue weighted by atomic mass is 32.1. The summed E-state index contributed by atoms with van der Waals surface area (Å²) in [5.74, 6) is -6.87. The van der Waals surface area contributed by atoms with Crippen molar-refractivity contribution >= 4 is 16.5 Å². The molecule has 2 rings (SSSR count). The lowest BCUT2D eigenvalue weighted by Crippen LogP contribution is -2.07. The maximum absolute atomic E-state index is 13.3. The standard InChI is InChI=1S/C9H5F5N4OS/c10-3-4(11)6(13)8(7(14)5(3)12)19-1-2-17-18-9(16-15)20-2/h1,15H2,(H,16,18). The Hall–Kier alpha value is -2.01. The Morgan fingerprint density at radius 1 is 0.950 bits per heavy atom. The molecule has 0 fully saturated rings. The Morgan fingerprint density at radius 2 is 1.50 bits per heavy atom. The van der Waals surface area contributed by atoms with Crippen LogP contribution in [0.5, 0.6) is 5.75 Å². The number of ether oxygens (including phenoxy) is 1. The van der Waals surface area contributed by atoms with Crippen LogP contribution in [0.3, 0.4) is 0 Å². The van der Waals surface area contributed by atoms with Crippen molar-refractivity contribution in [3.63, 3.8) is 0 Å². The van der Waals surface area contributed by atoms with Crippen molar-refractivity contribution in [3.8, 4) is 5.75 Å². The van der Waals surface area contributed by atoms with Gasteiger partial charge in [0.15, 0.2) is 10.8 Å². The molecule has 20 heavy (non-hydrogen) atoms. The van der Waals surface area contributed by atoms with Crippen LogP contribution in [0.15, 0.2) is 0 Å². The summed E-state index contributed by atoms with van der Waals surface area (Å²) in [7, 11) is 0. The lowest BCUT2D eigenvalue weighted by atomic mass is 10.2. The normalized spacial score (nSPS) is 10.7. The molecule has 11 heteroatoms. The summed E-state index contributed by atoms with van der Waals surface area (Å²) in [5, 5.41) is 7.34. The van der Waals surface area contributed by atoms with Crippen molar-refractivity contribution in [3.05, 3.63) is 34.1 Å². The van der Waals surface area contributed by atoms with Gasteiger partial charge in [0, 0.05) is 0 Å². The molecule has 0 saturated heterocycles. The van der Waals surface area contributed by atoms with Crippen molar-refractivity contribution in [1.29, 1.82) is 0 Å². The van der Waals surface area contributed by atoms with E-state index in [2.05, 4.69) is 20.4 Å². The Bertz CT molecular complexity index is 621. The number of hydrazine groups is 1. The molecule has 0 saturated carbocycles. The van der Waals surface area contributed by atoms with Crippen LogP contribution in [-0.2, 0) is 6.61 Å². The largest absolute Gasteiger partial charge is 0.480 e. The van der Waals surface area contributed by atoms with Gasteiger partial charge >= 0.3 is 0 Å². The number of nitrogens with two attached hydrogens (primary N) is 1. The van der Waals surface area contributed by atoms with E-state index in [-0.39, 0.29) is 10.1 Å². The fraction of sp³-hybridized carbons (Fsp3) is 0.111. The number of hydrogen-bond acceptors (Lipinski definition) is 6. The average molecular weight is 312 g/mol. The predicted molar refractivity (Wildman–Crippen MR) is 58.3 cm³/mol. The van der Waals surface area contributed by atoms with E-state index < -0.39 is 41.4 Å². The van der Waals surface area contributed by atoms with Crippen LogP contribution >= 0.6 is 11.3 Å². The average Bonchev–Trinajstić information content (AvgIpc) is 2.91. The number of nitrogens with zero attached hydrogens (tertiary/aromatic N) is 2. The van der Waals surface area contributed by atoms with Gasteiger partial charge in [-0.15, -0.1) is 10.2 Å². The molecule has 108 valence electrons. The van der Waals surface area contributed by atoms with Gasteiger partial charge in [0.2, 0.25) is 34.2 Å². The molecule has 0 amide bonds. The molecule has 1 heterocycles. The van der Waals surface area contributed by atoms with Gasteiger partial charge in [0.1, 0.15) is 6.61 Å². The number of benzene rings is 1. The van der Waals surface area contributed by atoms with Crippen LogP contribution < -0.4 is 16.0 Å². The summed E-state index contributed by atoms with van der Waals surface area (Å²) >= 11 is 0.886. The van der Waals surface area contributed by atoms with Gasteiger partial charge in [-0.2, -0.15) is 8.78 Å². The summed E-state index contributed by atoms with van der Waals surface area (Å²) in [5.41, 5.74) is 2.17. The number of anilines is 1. The first-order valence-corrected chi connectivity index (χ1v) is 5.70. The molecular formula is C9H5F5N4OS. The van der Waals surface area contributed by atoms with E-state index in [0.717, 1.165) is 11.3 Å². The molecule has 5 nitrogen and oxygen atoms in total. The van der Waals surface area contributed by atoms with E-state index in [1.165, 1.54) is 0 Å². The molecule has 0 unspecified atom stereocenters. The van der Waals surface area contributed by atoms with Crippen LogP contribution in [0.25, 0.3) is 0 Å². The minimum Gasteiger partial charge on any atom is -0.480 e. The van der Waals surface area contributed by atoms with Gasteiger partial charge in [-0.05, 0) is 0 Å². The third-order valence-electron chi connectivity index (χ3n) is 2.10. The fourth-order valence-electron chi connectivity index (χ4n) is 1.22. The smallest absolute Gasteiger partial charge is 0.219 e. The van der Waals surface area contributed by atoms with Gasteiger partial charge in [-0.25, -0.2) is 19.0 Å². The molecule has 0 aliphatic rings. The zero-order valence-corrected chi connectivity index (χ0v) is 10.2. The first-order valence-electron chi connectivity index (χ1n) is 4.89. The van der Waals surface area contributed by atoms with Gasteiger partial charge in [-0.3, -0.25) is 5.43 Å². The molecular weight excluding hydrogens is 307 g/mol. The molecule has 0 bridgehead atoms. The number of halogens is 5. The van der Waals surface area contributed by atoms with Gasteiger partial charge < -0.3 is 4.74 Å². The summed E-state index contributed by atoms with van der Waals surface area (Å²) in [6.07, 6.45) is 0. The summed E-state index contributed by atoms with van der Waals surface area (Å²) in [6.45, 7) is -0.530. The Kier molecular flexibility index (Phi) is 3.99. The van der Waals surface area contributed by atoms with E-state index in [1.807, 2.05) is 0 Å². The summed E-state index contributed by atoms with van der Waals surface area (Å²) in [4.78, 5) is 0. The lowest BCUT2D eigenvalue weighted by molar-refractivity contribution is 0.252. The molecule has 0 aliphatic carbocycles. The minimum absolute atomic E-state index is 0.127. The predicted octanol–water partition coefficient (Wildman–Crippen LogP) is 2.10. The molecule has 0 aliphatic heterocycles. The number of nitrogens with one attached hydrogen (secondary N) is 1. The maximum atomic E-state index is 13.3. The van der Waals surface area contributed by atoms with Crippen LogP contribution in [0, 0.1) is 29.1 Å². The molecule has 1 aromatic carbocycles. The topological polar surface area (TPSA) is 73.1 Å². The summed E-state index contributed by atoms with van der Waals surface area (Å²) in [6, 6.07) is 0. The van der Waals surface area contributed by atoms with E-state index in [9.17, 15) is 22.0 Å². The monoisotopic (exact) mass is 312 g/mol. The minimum atomic E-state index is -2.25. The first kappa shape index (κ1) is 14.4.